The lowest BCUT2D eigenvalue weighted by Gasteiger charge is -2.20. The number of nitrogens with two attached hydrogens (primary N) is 1. The Morgan fingerprint density at radius 2 is 1.84 bits per heavy atom. The van der Waals surface area contributed by atoms with E-state index in [1.165, 1.54) is 24.3 Å². The molecule has 1 aliphatic rings. The van der Waals surface area contributed by atoms with Crippen LogP contribution >= 0.6 is 11.6 Å². The first-order chi connectivity index (χ1) is 17.5. The van der Waals surface area contributed by atoms with Crippen molar-refractivity contribution in [1.82, 2.24) is 9.97 Å². The Bertz CT molecular complexity index is 1550. The average Bonchev–Trinajstić information content (AvgIpc) is 3.63. The zero-order chi connectivity index (χ0) is 26.5. The second-order valence-electron chi connectivity index (χ2n) is 8.87. The minimum Gasteiger partial charge on any atom is -0.342 e. The Morgan fingerprint density at radius 1 is 1.11 bits per heavy atom. The van der Waals surface area contributed by atoms with Gasteiger partial charge < -0.3 is 10.3 Å². The van der Waals surface area contributed by atoms with Crippen LogP contribution in [0.15, 0.2) is 54.6 Å². The molecule has 0 unspecified atom stereocenters. The van der Waals surface area contributed by atoms with E-state index in [-0.39, 0.29) is 17.2 Å². The maximum absolute atomic E-state index is 13.5. The fourth-order valence-corrected chi connectivity index (χ4v) is 4.25. The van der Waals surface area contributed by atoms with Crippen molar-refractivity contribution < 1.29 is 22.8 Å². The van der Waals surface area contributed by atoms with E-state index in [1.807, 2.05) is 0 Å². The number of hydrazine groups is 1. The first-order valence-electron chi connectivity index (χ1n) is 11.4. The third-order valence-electron chi connectivity index (χ3n) is 6.27. The number of carbonyl (C=O) groups excluding carboxylic acids is 2. The number of aromatic amines is 1. The van der Waals surface area contributed by atoms with Crippen molar-refractivity contribution in [2.75, 3.05) is 10.3 Å². The highest BCUT2D eigenvalue weighted by Crippen LogP contribution is 2.40. The van der Waals surface area contributed by atoms with Gasteiger partial charge in [-0.3, -0.25) is 9.59 Å². The van der Waals surface area contributed by atoms with E-state index in [1.54, 1.807) is 25.1 Å². The molecule has 5 rings (SSSR count). The van der Waals surface area contributed by atoms with Gasteiger partial charge in [-0.25, -0.2) is 15.8 Å². The summed E-state index contributed by atoms with van der Waals surface area (Å²) in [5.74, 6) is 5.36. The van der Waals surface area contributed by atoms with Gasteiger partial charge in [-0.1, -0.05) is 29.8 Å². The van der Waals surface area contributed by atoms with Gasteiger partial charge >= 0.3 is 6.18 Å². The summed E-state index contributed by atoms with van der Waals surface area (Å²) in [7, 11) is 0. The monoisotopic (exact) mass is 527 g/mol. The zero-order valence-corrected chi connectivity index (χ0v) is 20.2. The van der Waals surface area contributed by atoms with Crippen molar-refractivity contribution in [3.05, 3.63) is 87.7 Å². The zero-order valence-electron chi connectivity index (χ0n) is 19.5. The fraction of sp³-hybridized carbons (Fsp3) is 0.192. The van der Waals surface area contributed by atoms with Crippen LogP contribution in [0, 0.1) is 6.92 Å². The van der Waals surface area contributed by atoms with Gasteiger partial charge in [0.05, 0.1) is 27.9 Å². The number of amides is 2. The quantitative estimate of drug-likeness (QED) is 0.163. The lowest BCUT2D eigenvalue weighted by atomic mass is 10.1. The van der Waals surface area contributed by atoms with Crippen molar-refractivity contribution in [1.29, 1.82) is 0 Å². The van der Waals surface area contributed by atoms with Crippen molar-refractivity contribution >= 4 is 45.8 Å². The molecule has 0 bridgehead atoms. The van der Waals surface area contributed by atoms with Gasteiger partial charge in [0.25, 0.3) is 11.8 Å². The molecule has 2 amide bonds. The molecular formula is C26H21ClF3N5O2. The molecule has 1 aromatic heterocycles. The van der Waals surface area contributed by atoms with Crippen LogP contribution in [0.1, 0.15) is 56.4 Å². The highest BCUT2D eigenvalue weighted by molar-refractivity contribution is 6.31. The number of halogens is 4. The number of carbonyl (C=O) groups is 2. The molecule has 7 nitrogen and oxygen atoms in total. The average molecular weight is 528 g/mol. The number of nitrogens with one attached hydrogen (secondary N) is 2. The summed E-state index contributed by atoms with van der Waals surface area (Å²) in [6.45, 7) is 1.75. The number of hydrogen-bond acceptors (Lipinski definition) is 4. The molecule has 3 aromatic carbocycles. The Labute approximate surface area is 214 Å². The first-order valence-corrected chi connectivity index (χ1v) is 11.8. The number of alkyl halides is 3. The van der Waals surface area contributed by atoms with Crippen molar-refractivity contribution in [2.24, 2.45) is 5.84 Å². The third-order valence-corrected chi connectivity index (χ3v) is 6.68. The maximum Gasteiger partial charge on any atom is 0.417 e. The van der Waals surface area contributed by atoms with Gasteiger partial charge in [0.1, 0.15) is 11.3 Å². The van der Waals surface area contributed by atoms with E-state index in [0.717, 1.165) is 25.0 Å². The van der Waals surface area contributed by atoms with Gasteiger partial charge in [0, 0.05) is 16.6 Å². The number of H-pyrrole nitrogens is 1. The highest BCUT2D eigenvalue weighted by Gasteiger charge is 2.36. The first kappa shape index (κ1) is 24.8. The molecule has 11 heteroatoms. The number of nitrogens with zero attached hydrogens (tertiary/aromatic N) is 2. The molecule has 1 fully saturated rings. The molecule has 4 N–H and O–H groups in total. The third kappa shape index (κ3) is 4.77. The van der Waals surface area contributed by atoms with E-state index >= 15 is 0 Å². The summed E-state index contributed by atoms with van der Waals surface area (Å²) in [5.41, 5.74) is 0.332. The molecular weight excluding hydrogens is 507 g/mol. The number of aromatic nitrogens is 2. The summed E-state index contributed by atoms with van der Waals surface area (Å²) in [5, 5.41) is 3.87. The summed E-state index contributed by atoms with van der Waals surface area (Å²) in [6, 6.07) is 12.3. The second kappa shape index (κ2) is 9.20. The van der Waals surface area contributed by atoms with Crippen molar-refractivity contribution in [3.8, 4) is 0 Å². The Hall–Kier alpha value is -3.89. The van der Waals surface area contributed by atoms with Crippen LogP contribution < -0.4 is 16.2 Å². The lowest BCUT2D eigenvalue weighted by molar-refractivity contribution is -0.137. The molecule has 190 valence electrons. The summed E-state index contributed by atoms with van der Waals surface area (Å²) in [6.07, 6.45) is -2.85. The van der Waals surface area contributed by atoms with Crippen LogP contribution in [0.5, 0.6) is 0 Å². The number of rotatable bonds is 5. The van der Waals surface area contributed by atoms with E-state index in [9.17, 15) is 22.8 Å². The second-order valence-corrected chi connectivity index (χ2v) is 9.28. The Kier molecular flexibility index (Phi) is 6.17. The molecule has 1 aliphatic carbocycles. The standard InChI is InChI=1S/C26H21ClF3N5O2/c1-13-19(27)7-4-8-20(13)33-24(36)17-11-15(12-21-22(17)34-23(32-21)14-9-10-14)35(31)25(37)16-5-2-3-6-18(16)26(28,29)30/h2-8,11-12,14H,9-10,31H2,1H3,(H,32,34)(H,33,36). The van der Waals surface area contributed by atoms with Gasteiger partial charge in [0.15, 0.2) is 0 Å². The van der Waals surface area contributed by atoms with Crippen LogP contribution in [0.4, 0.5) is 24.5 Å². The molecule has 0 saturated heterocycles. The van der Waals surface area contributed by atoms with Crippen molar-refractivity contribution in [2.45, 2.75) is 31.9 Å². The number of hydrogen-bond donors (Lipinski definition) is 3. The van der Waals surface area contributed by atoms with Gasteiger partial charge in [-0.15, -0.1) is 0 Å². The molecule has 1 heterocycles. The topological polar surface area (TPSA) is 104 Å². The predicted molar refractivity (Wildman–Crippen MR) is 135 cm³/mol. The Balaban J connectivity index is 1.57. The van der Waals surface area contributed by atoms with Crippen LogP contribution in [-0.2, 0) is 6.18 Å². The summed E-state index contributed by atoms with van der Waals surface area (Å²) in [4.78, 5) is 34.2. The molecule has 0 radical (unpaired) electrons. The SMILES string of the molecule is Cc1c(Cl)cccc1NC(=O)c1cc(N(N)C(=O)c2ccccc2C(F)(F)F)cc2[nH]c(C3CC3)nc12. The minimum atomic E-state index is -4.75. The summed E-state index contributed by atoms with van der Waals surface area (Å²) >= 11 is 6.18. The van der Waals surface area contributed by atoms with E-state index in [2.05, 4.69) is 15.3 Å². The molecule has 0 spiro atoms. The molecule has 1 saturated carbocycles. The van der Waals surface area contributed by atoms with Crippen molar-refractivity contribution in [3.63, 3.8) is 0 Å². The smallest absolute Gasteiger partial charge is 0.342 e. The van der Waals surface area contributed by atoms with Gasteiger partial charge in [-0.2, -0.15) is 13.2 Å². The predicted octanol–water partition coefficient (Wildman–Crippen LogP) is 6.19. The fourth-order valence-electron chi connectivity index (χ4n) is 4.08. The minimum absolute atomic E-state index is 0.0217. The normalized spacial score (nSPS) is 13.6. The highest BCUT2D eigenvalue weighted by atomic mass is 35.5. The molecule has 0 atom stereocenters. The number of imidazole rings is 1. The van der Waals surface area contributed by atoms with Crippen LogP contribution in [-0.4, -0.2) is 21.8 Å². The Morgan fingerprint density at radius 3 is 2.54 bits per heavy atom. The molecule has 0 aliphatic heterocycles. The van der Waals surface area contributed by atoms with Crippen LogP contribution in [0.25, 0.3) is 11.0 Å². The summed E-state index contributed by atoms with van der Waals surface area (Å²) < 4.78 is 40.6. The molecule has 4 aromatic rings. The molecule has 37 heavy (non-hydrogen) atoms. The van der Waals surface area contributed by atoms with E-state index in [0.29, 0.717) is 38.1 Å². The maximum atomic E-state index is 13.5. The van der Waals surface area contributed by atoms with Crippen LogP contribution in [0.2, 0.25) is 5.02 Å². The largest absolute Gasteiger partial charge is 0.417 e. The van der Waals surface area contributed by atoms with Gasteiger partial charge in [-0.05, 0) is 61.7 Å². The van der Waals surface area contributed by atoms with E-state index < -0.39 is 29.1 Å². The van der Waals surface area contributed by atoms with Gasteiger partial charge in [0.2, 0.25) is 0 Å². The lowest BCUT2D eigenvalue weighted by Crippen LogP contribution is -2.38. The number of benzene rings is 3. The van der Waals surface area contributed by atoms with Crippen LogP contribution in [0.3, 0.4) is 0 Å². The number of fused-ring (bicyclic) bond motifs is 1. The number of anilines is 2. The van der Waals surface area contributed by atoms with E-state index in [4.69, 9.17) is 17.4 Å².